The molecule has 2 aromatic carbocycles. The standard InChI is InChI=1S/C14H14O4S/c1-9(10-6-7-12(15)13(16)8-10)11-4-2-3-5-14(11)19(17)18/h2-9,15-16H,1H3,(H,17,18). The summed E-state index contributed by atoms with van der Waals surface area (Å²) in [6.07, 6.45) is 0. The molecule has 0 amide bonds. The van der Waals surface area contributed by atoms with Gasteiger partial charge >= 0.3 is 0 Å². The first-order valence-corrected chi connectivity index (χ1v) is 6.83. The predicted octanol–water partition coefficient (Wildman–Crippen LogP) is 2.83. The first kappa shape index (κ1) is 13.6. The van der Waals surface area contributed by atoms with Crippen LogP contribution in [-0.2, 0) is 11.1 Å². The number of benzene rings is 2. The zero-order valence-electron chi connectivity index (χ0n) is 10.3. The van der Waals surface area contributed by atoms with Crippen LogP contribution in [0.2, 0.25) is 0 Å². The fourth-order valence-electron chi connectivity index (χ4n) is 1.99. The average Bonchev–Trinajstić information content (AvgIpc) is 2.41. The average molecular weight is 278 g/mol. The highest BCUT2D eigenvalue weighted by molar-refractivity contribution is 7.79. The fourth-order valence-corrected chi connectivity index (χ4v) is 2.63. The Morgan fingerprint density at radius 3 is 2.37 bits per heavy atom. The molecule has 2 atom stereocenters. The van der Waals surface area contributed by atoms with E-state index < -0.39 is 11.1 Å². The van der Waals surface area contributed by atoms with Crippen LogP contribution in [0.1, 0.15) is 24.0 Å². The molecule has 0 saturated carbocycles. The van der Waals surface area contributed by atoms with Crippen molar-refractivity contribution >= 4 is 11.1 Å². The van der Waals surface area contributed by atoms with Gasteiger partial charge in [-0.1, -0.05) is 31.2 Å². The maximum Gasteiger partial charge on any atom is 0.186 e. The lowest BCUT2D eigenvalue weighted by Gasteiger charge is -2.15. The van der Waals surface area contributed by atoms with Gasteiger partial charge in [0.25, 0.3) is 0 Å². The van der Waals surface area contributed by atoms with Crippen molar-refractivity contribution in [1.82, 2.24) is 0 Å². The van der Waals surface area contributed by atoms with Gasteiger partial charge in [-0.05, 0) is 29.3 Å². The van der Waals surface area contributed by atoms with Gasteiger partial charge in [0.15, 0.2) is 22.6 Å². The van der Waals surface area contributed by atoms with E-state index in [0.717, 1.165) is 5.56 Å². The van der Waals surface area contributed by atoms with Gasteiger partial charge in [-0.2, -0.15) is 0 Å². The van der Waals surface area contributed by atoms with Crippen LogP contribution in [0, 0.1) is 0 Å². The van der Waals surface area contributed by atoms with Crippen LogP contribution in [0.25, 0.3) is 0 Å². The lowest BCUT2D eigenvalue weighted by Crippen LogP contribution is -2.02. The molecule has 0 spiro atoms. The summed E-state index contributed by atoms with van der Waals surface area (Å²) < 4.78 is 20.6. The molecule has 100 valence electrons. The van der Waals surface area contributed by atoms with Crippen LogP contribution in [-0.4, -0.2) is 19.0 Å². The highest BCUT2D eigenvalue weighted by Crippen LogP contribution is 2.33. The summed E-state index contributed by atoms with van der Waals surface area (Å²) in [5.41, 5.74) is 1.47. The van der Waals surface area contributed by atoms with Crippen molar-refractivity contribution in [2.45, 2.75) is 17.7 Å². The summed E-state index contributed by atoms with van der Waals surface area (Å²) in [4.78, 5) is 0.350. The Balaban J connectivity index is 2.46. The van der Waals surface area contributed by atoms with Crippen molar-refractivity contribution in [3.05, 3.63) is 53.6 Å². The first-order chi connectivity index (χ1) is 9.00. The minimum Gasteiger partial charge on any atom is -0.504 e. The number of hydrogen-bond donors (Lipinski definition) is 3. The lowest BCUT2D eigenvalue weighted by molar-refractivity contribution is 0.403. The van der Waals surface area contributed by atoms with Crippen LogP contribution in [0.3, 0.4) is 0 Å². The van der Waals surface area contributed by atoms with Crippen molar-refractivity contribution < 1.29 is 19.0 Å². The second-order valence-electron chi connectivity index (χ2n) is 4.26. The van der Waals surface area contributed by atoms with Crippen molar-refractivity contribution in [3.63, 3.8) is 0 Å². The third-order valence-electron chi connectivity index (χ3n) is 3.07. The number of aromatic hydroxyl groups is 2. The molecule has 0 fully saturated rings. The van der Waals surface area contributed by atoms with Crippen LogP contribution < -0.4 is 0 Å². The topological polar surface area (TPSA) is 77.8 Å². The second-order valence-corrected chi connectivity index (χ2v) is 5.19. The normalized spacial score (nSPS) is 14.0. The number of phenolic OH excluding ortho intramolecular Hbond substituents is 2. The van der Waals surface area contributed by atoms with E-state index in [4.69, 9.17) is 0 Å². The SMILES string of the molecule is CC(c1ccc(O)c(O)c1)c1ccccc1S(=O)O. The molecule has 0 aliphatic carbocycles. The summed E-state index contributed by atoms with van der Waals surface area (Å²) >= 11 is -2.06. The Hall–Kier alpha value is -1.85. The molecule has 2 unspecified atom stereocenters. The number of hydrogen-bond acceptors (Lipinski definition) is 3. The van der Waals surface area contributed by atoms with Gasteiger partial charge in [0.05, 0.1) is 4.90 Å². The lowest BCUT2D eigenvalue weighted by atomic mass is 9.93. The third-order valence-corrected chi connectivity index (χ3v) is 3.82. The minimum atomic E-state index is -2.06. The summed E-state index contributed by atoms with van der Waals surface area (Å²) in [5, 5.41) is 18.8. The molecule has 0 radical (unpaired) electrons. The van der Waals surface area contributed by atoms with Gasteiger partial charge in [-0.25, -0.2) is 4.21 Å². The largest absolute Gasteiger partial charge is 0.504 e. The van der Waals surface area contributed by atoms with E-state index >= 15 is 0 Å². The Morgan fingerprint density at radius 2 is 1.74 bits per heavy atom. The van der Waals surface area contributed by atoms with Gasteiger partial charge in [-0.3, -0.25) is 0 Å². The molecular weight excluding hydrogens is 264 g/mol. The van der Waals surface area contributed by atoms with Gasteiger partial charge in [-0.15, -0.1) is 0 Å². The van der Waals surface area contributed by atoms with Gasteiger partial charge in [0.2, 0.25) is 0 Å². The fraction of sp³-hybridized carbons (Fsp3) is 0.143. The van der Waals surface area contributed by atoms with E-state index in [2.05, 4.69) is 0 Å². The van der Waals surface area contributed by atoms with Crippen molar-refractivity contribution in [3.8, 4) is 11.5 Å². The zero-order valence-corrected chi connectivity index (χ0v) is 11.1. The Kier molecular flexibility index (Phi) is 3.87. The van der Waals surface area contributed by atoms with Crippen LogP contribution in [0.5, 0.6) is 11.5 Å². The van der Waals surface area contributed by atoms with E-state index in [1.807, 2.05) is 6.92 Å². The highest BCUT2D eigenvalue weighted by atomic mass is 32.2. The molecule has 5 heteroatoms. The molecule has 0 aliphatic heterocycles. The highest BCUT2D eigenvalue weighted by Gasteiger charge is 2.16. The first-order valence-electron chi connectivity index (χ1n) is 5.72. The minimum absolute atomic E-state index is 0.168. The second kappa shape index (κ2) is 5.42. The van der Waals surface area contributed by atoms with Crippen molar-refractivity contribution in [1.29, 1.82) is 0 Å². The maximum atomic E-state index is 11.3. The number of rotatable bonds is 3. The monoisotopic (exact) mass is 278 g/mol. The smallest absolute Gasteiger partial charge is 0.186 e. The van der Waals surface area contributed by atoms with Gasteiger partial charge in [0.1, 0.15) is 0 Å². The molecule has 2 aromatic rings. The van der Waals surface area contributed by atoms with Crippen LogP contribution in [0.15, 0.2) is 47.4 Å². The molecule has 19 heavy (non-hydrogen) atoms. The molecule has 0 saturated heterocycles. The summed E-state index contributed by atoms with van der Waals surface area (Å²) in [5.74, 6) is -0.555. The van der Waals surface area contributed by atoms with Crippen molar-refractivity contribution in [2.24, 2.45) is 0 Å². The molecule has 4 nitrogen and oxygen atoms in total. The Morgan fingerprint density at radius 1 is 1.05 bits per heavy atom. The Bertz CT molecular complexity index is 625. The van der Waals surface area contributed by atoms with Crippen molar-refractivity contribution in [2.75, 3.05) is 0 Å². The molecule has 2 rings (SSSR count). The van der Waals surface area contributed by atoms with Crippen LogP contribution in [0.4, 0.5) is 0 Å². The molecule has 0 aliphatic rings. The molecule has 3 N–H and O–H groups in total. The summed E-state index contributed by atoms with van der Waals surface area (Å²) in [6.45, 7) is 1.87. The molecule has 0 bridgehead atoms. The molecule has 0 heterocycles. The van der Waals surface area contributed by atoms with E-state index in [-0.39, 0.29) is 17.4 Å². The summed E-state index contributed by atoms with van der Waals surface area (Å²) in [6, 6.07) is 11.4. The zero-order chi connectivity index (χ0) is 14.0. The Labute approximate surface area is 113 Å². The van der Waals surface area contributed by atoms with E-state index in [1.54, 1.807) is 30.3 Å². The van der Waals surface area contributed by atoms with E-state index in [0.29, 0.717) is 10.5 Å². The predicted molar refractivity (Wildman–Crippen MR) is 72.8 cm³/mol. The summed E-state index contributed by atoms with van der Waals surface area (Å²) in [7, 11) is 0. The molecule has 0 aromatic heterocycles. The van der Waals surface area contributed by atoms with E-state index in [1.165, 1.54) is 12.1 Å². The van der Waals surface area contributed by atoms with Gasteiger partial charge in [0, 0.05) is 5.92 Å². The quantitative estimate of drug-likeness (QED) is 0.596. The molecular formula is C14H14O4S. The van der Waals surface area contributed by atoms with Crippen LogP contribution >= 0.6 is 0 Å². The van der Waals surface area contributed by atoms with E-state index in [9.17, 15) is 19.0 Å². The third kappa shape index (κ3) is 2.77. The maximum absolute atomic E-state index is 11.3. The van der Waals surface area contributed by atoms with Gasteiger partial charge < -0.3 is 14.8 Å². The number of phenols is 2.